The second kappa shape index (κ2) is 5.73. The number of amides is 1. The van der Waals surface area contributed by atoms with Crippen LogP contribution in [0.25, 0.3) is 0 Å². The molecule has 0 fully saturated rings. The third-order valence-electron chi connectivity index (χ3n) is 2.55. The lowest BCUT2D eigenvalue weighted by atomic mass is 10.3. The van der Waals surface area contributed by atoms with E-state index in [2.05, 4.69) is 10.4 Å². The molecule has 0 saturated carbocycles. The van der Waals surface area contributed by atoms with Crippen LogP contribution in [0.2, 0.25) is 0 Å². The maximum atomic E-state index is 12.0. The zero-order chi connectivity index (χ0) is 14.7. The lowest BCUT2D eigenvalue weighted by Gasteiger charge is -2.15. The number of nitrogens with two attached hydrogens (primary N) is 1. The number of nitrogen functional groups attached to an aromatic ring is 1. The maximum Gasteiger partial charge on any atom is 0.359 e. The first-order chi connectivity index (χ1) is 8.73. The number of nitrogens with one attached hydrogen (secondary N) is 1. The van der Waals surface area contributed by atoms with Crippen molar-refractivity contribution in [2.45, 2.75) is 39.8 Å². The van der Waals surface area contributed by atoms with Gasteiger partial charge in [0.15, 0.2) is 11.8 Å². The van der Waals surface area contributed by atoms with Crippen molar-refractivity contribution < 1.29 is 14.3 Å². The fourth-order valence-electron chi connectivity index (χ4n) is 1.59. The van der Waals surface area contributed by atoms with Crippen LogP contribution in [0.1, 0.15) is 37.0 Å². The van der Waals surface area contributed by atoms with Gasteiger partial charge in [0.05, 0.1) is 11.4 Å². The van der Waals surface area contributed by atoms with Crippen LogP contribution < -0.4 is 11.1 Å². The maximum absolute atomic E-state index is 12.0. The topological polar surface area (TPSA) is 99.2 Å². The number of aromatic nitrogens is 2. The van der Waals surface area contributed by atoms with Gasteiger partial charge in [0.25, 0.3) is 5.91 Å². The fourth-order valence-corrected chi connectivity index (χ4v) is 1.59. The molecule has 7 heteroatoms. The Morgan fingerprint density at radius 3 is 2.37 bits per heavy atom. The van der Waals surface area contributed by atoms with E-state index in [1.165, 1.54) is 11.6 Å². The monoisotopic (exact) mass is 268 g/mol. The Labute approximate surface area is 112 Å². The Bertz CT molecular complexity index is 493. The second-order valence-corrected chi connectivity index (χ2v) is 4.68. The second-order valence-electron chi connectivity index (χ2n) is 4.68. The molecule has 0 radical (unpaired) electrons. The molecule has 1 rings (SSSR count). The largest absolute Gasteiger partial charge is 0.448 e. The molecular weight excluding hydrogens is 248 g/mol. The smallest absolute Gasteiger partial charge is 0.359 e. The average molecular weight is 268 g/mol. The predicted molar refractivity (Wildman–Crippen MR) is 70.5 cm³/mol. The summed E-state index contributed by atoms with van der Waals surface area (Å²) in [7, 11) is 1.60. The van der Waals surface area contributed by atoms with Crippen molar-refractivity contribution >= 4 is 17.6 Å². The summed E-state index contributed by atoms with van der Waals surface area (Å²) >= 11 is 0. The normalized spacial score (nSPS) is 12.3. The fraction of sp³-hybridized carbons (Fsp3) is 0.583. The van der Waals surface area contributed by atoms with Gasteiger partial charge in [-0.2, -0.15) is 5.10 Å². The minimum atomic E-state index is -0.885. The first-order valence-electron chi connectivity index (χ1n) is 6.04. The van der Waals surface area contributed by atoms with E-state index < -0.39 is 12.1 Å². The van der Waals surface area contributed by atoms with E-state index in [1.807, 2.05) is 13.8 Å². The van der Waals surface area contributed by atoms with Crippen LogP contribution in [0.15, 0.2) is 0 Å². The van der Waals surface area contributed by atoms with Gasteiger partial charge in [0.1, 0.15) is 0 Å². The quantitative estimate of drug-likeness (QED) is 0.769. The number of anilines is 1. The minimum Gasteiger partial charge on any atom is -0.448 e. The summed E-state index contributed by atoms with van der Waals surface area (Å²) in [6, 6.07) is -0.0160. The standard InChI is InChI=1S/C12H20N4O3/c1-6(2)14-11(17)8(4)19-12(18)10-9(13)7(3)15-16(10)5/h6,8H,13H2,1-5H3,(H,14,17). The number of hydrogen-bond acceptors (Lipinski definition) is 5. The highest BCUT2D eigenvalue weighted by Crippen LogP contribution is 2.16. The molecule has 7 nitrogen and oxygen atoms in total. The molecule has 0 spiro atoms. The summed E-state index contributed by atoms with van der Waals surface area (Å²) in [5.74, 6) is -1.01. The number of hydrogen-bond donors (Lipinski definition) is 2. The number of nitrogens with zero attached hydrogens (tertiary/aromatic N) is 2. The van der Waals surface area contributed by atoms with Gasteiger partial charge >= 0.3 is 5.97 Å². The van der Waals surface area contributed by atoms with E-state index in [4.69, 9.17) is 10.5 Å². The van der Waals surface area contributed by atoms with Crippen LogP contribution in [0.4, 0.5) is 5.69 Å². The average Bonchev–Trinajstić information content (AvgIpc) is 2.51. The van der Waals surface area contributed by atoms with E-state index in [0.717, 1.165) is 0 Å². The van der Waals surface area contributed by atoms with Gasteiger partial charge < -0.3 is 15.8 Å². The first kappa shape index (κ1) is 15.0. The first-order valence-corrected chi connectivity index (χ1v) is 6.04. The Morgan fingerprint density at radius 2 is 1.95 bits per heavy atom. The van der Waals surface area contributed by atoms with Gasteiger partial charge in [-0.15, -0.1) is 0 Å². The SMILES string of the molecule is Cc1nn(C)c(C(=O)OC(C)C(=O)NC(C)C)c1N. The zero-order valence-corrected chi connectivity index (χ0v) is 11.9. The molecule has 0 bridgehead atoms. The van der Waals surface area contributed by atoms with E-state index in [1.54, 1.807) is 14.0 Å². The molecule has 106 valence electrons. The molecule has 1 amide bonds. The minimum absolute atomic E-state index is 0.0160. The molecule has 0 aliphatic rings. The predicted octanol–water partition coefficient (Wildman–Crippen LogP) is 0.381. The van der Waals surface area contributed by atoms with Gasteiger partial charge in [-0.05, 0) is 27.7 Å². The molecule has 0 aliphatic carbocycles. The van der Waals surface area contributed by atoms with Crippen LogP contribution in [0.3, 0.4) is 0 Å². The molecule has 3 N–H and O–H groups in total. The summed E-state index contributed by atoms with van der Waals surface area (Å²) < 4.78 is 6.43. The summed E-state index contributed by atoms with van der Waals surface area (Å²) in [6.07, 6.45) is -0.885. The molecule has 1 aromatic rings. The molecule has 0 saturated heterocycles. The lowest BCUT2D eigenvalue weighted by molar-refractivity contribution is -0.129. The van der Waals surface area contributed by atoms with Gasteiger partial charge in [0.2, 0.25) is 0 Å². The molecule has 1 atom stereocenters. The Balaban J connectivity index is 2.77. The third-order valence-corrected chi connectivity index (χ3v) is 2.55. The van der Waals surface area contributed by atoms with Gasteiger partial charge in [0, 0.05) is 13.1 Å². The molecular formula is C12H20N4O3. The van der Waals surface area contributed by atoms with Crippen molar-refractivity contribution in [3.05, 3.63) is 11.4 Å². The van der Waals surface area contributed by atoms with Crippen LogP contribution in [0.5, 0.6) is 0 Å². The molecule has 1 unspecified atom stereocenters. The highest BCUT2D eigenvalue weighted by molar-refractivity contribution is 5.95. The summed E-state index contributed by atoms with van der Waals surface area (Å²) in [4.78, 5) is 23.6. The van der Waals surface area contributed by atoms with Crippen LogP contribution in [-0.2, 0) is 16.6 Å². The number of ether oxygens (including phenoxy) is 1. The molecule has 0 aliphatic heterocycles. The Hall–Kier alpha value is -2.05. The van der Waals surface area contributed by atoms with Crippen LogP contribution >= 0.6 is 0 Å². The van der Waals surface area contributed by atoms with Crippen molar-refractivity contribution in [2.75, 3.05) is 5.73 Å². The highest BCUT2D eigenvalue weighted by Gasteiger charge is 2.24. The van der Waals surface area contributed by atoms with E-state index >= 15 is 0 Å². The number of aryl methyl sites for hydroxylation is 2. The number of esters is 1. The van der Waals surface area contributed by atoms with Crippen molar-refractivity contribution in [1.82, 2.24) is 15.1 Å². The zero-order valence-electron chi connectivity index (χ0n) is 11.9. The summed E-state index contributed by atoms with van der Waals surface area (Å²) in [6.45, 7) is 6.86. The Morgan fingerprint density at radius 1 is 1.37 bits per heavy atom. The van der Waals surface area contributed by atoms with Crippen LogP contribution in [0, 0.1) is 6.92 Å². The summed E-state index contributed by atoms with van der Waals surface area (Å²) in [5, 5.41) is 6.69. The van der Waals surface area contributed by atoms with Gasteiger partial charge in [-0.1, -0.05) is 0 Å². The van der Waals surface area contributed by atoms with E-state index in [0.29, 0.717) is 5.69 Å². The lowest BCUT2D eigenvalue weighted by Crippen LogP contribution is -2.39. The molecule has 1 heterocycles. The number of rotatable bonds is 4. The Kier molecular flexibility index (Phi) is 4.52. The molecule has 1 aromatic heterocycles. The molecule has 19 heavy (non-hydrogen) atoms. The van der Waals surface area contributed by atoms with Crippen molar-refractivity contribution in [3.63, 3.8) is 0 Å². The van der Waals surface area contributed by atoms with Crippen molar-refractivity contribution in [2.24, 2.45) is 7.05 Å². The van der Waals surface area contributed by atoms with E-state index in [-0.39, 0.29) is 23.3 Å². The van der Waals surface area contributed by atoms with E-state index in [9.17, 15) is 9.59 Å². The number of carbonyl (C=O) groups is 2. The van der Waals surface area contributed by atoms with Crippen molar-refractivity contribution in [3.8, 4) is 0 Å². The third kappa shape index (κ3) is 3.46. The number of carbonyl (C=O) groups excluding carboxylic acids is 2. The highest BCUT2D eigenvalue weighted by atomic mass is 16.5. The van der Waals surface area contributed by atoms with Crippen LogP contribution in [-0.4, -0.2) is 33.8 Å². The van der Waals surface area contributed by atoms with Gasteiger partial charge in [-0.3, -0.25) is 9.48 Å². The molecule has 0 aromatic carbocycles. The van der Waals surface area contributed by atoms with Crippen molar-refractivity contribution in [1.29, 1.82) is 0 Å². The van der Waals surface area contributed by atoms with Gasteiger partial charge in [-0.25, -0.2) is 4.79 Å². The summed E-state index contributed by atoms with van der Waals surface area (Å²) in [5.41, 5.74) is 6.72.